The second kappa shape index (κ2) is 8.07. The number of nitrogens with one attached hydrogen (secondary N) is 2. The maximum absolute atomic E-state index is 6.28. The van der Waals surface area contributed by atoms with E-state index in [1.165, 1.54) is 6.33 Å². The van der Waals surface area contributed by atoms with Gasteiger partial charge in [-0.15, -0.1) is 0 Å². The largest absolute Gasteiger partial charge is 0.497 e. The average Bonchev–Trinajstić information content (AvgIpc) is 2.66. The Labute approximate surface area is 153 Å². The molecule has 1 aromatic heterocycles. The zero-order valence-corrected chi connectivity index (χ0v) is 15.3. The summed E-state index contributed by atoms with van der Waals surface area (Å²) >= 11 is 0. The zero-order valence-electron chi connectivity index (χ0n) is 15.3. The van der Waals surface area contributed by atoms with Gasteiger partial charge >= 0.3 is 0 Å². The Bertz CT molecular complexity index is 748. The van der Waals surface area contributed by atoms with Crippen LogP contribution in [0.5, 0.6) is 11.5 Å². The molecule has 0 aliphatic carbocycles. The van der Waals surface area contributed by atoms with E-state index in [2.05, 4.69) is 37.7 Å². The Kier molecular flexibility index (Phi) is 5.59. The fourth-order valence-corrected chi connectivity index (χ4v) is 2.69. The first-order valence-corrected chi connectivity index (χ1v) is 8.40. The van der Waals surface area contributed by atoms with Gasteiger partial charge in [-0.3, -0.25) is 0 Å². The fraction of sp³-hybridized carbons (Fsp3) is 0.412. The molecule has 3 rings (SSSR count). The van der Waals surface area contributed by atoms with Crippen LogP contribution < -0.4 is 25.9 Å². The topological polar surface area (TPSA) is 101 Å². The minimum absolute atomic E-state index is 0.441. The predicted octanol–water partition coefficient (Wildman–Crippen LogP) is 1.39. The molecule has 0 radical (unpaired) electrons. The maximum atomic E-state index is 6.28. The van der Waals surface area contributed by atoms with Crippen molar-refractivity contribution in [3.63, 3.8) is 0 Å². The van der Waals surface area contributed by atoms with Gasteiger partial charge in [0.1, 0.15) is 23.5 Å². The van der Waals surface area contributed by atoms with Crippen molar-refractivity contribution in [3.8, 4) is 11.5 Å². The molecule has 1 aliphatic heterocycles. The summed E-state index contributed by atoms with van der Waals surface area (Å²) in [6.45, 7) is 3.77. The summed E-state index contributed by atoms with van der Waals surface area (Å²) in [6, 6.07) is 5.48. The van der Waals surface area contributed by atoms with Gasteiger partial charge in [0.05, 0.1) is 19.9 Å². The van der Waals surface area contributed by atoms with Crippen molar-refractivity contribution >= 4 is 23.0 Å². The molecule has 26 heavy (non-hydrogen) atoms. The highest BCUT2D eigenvalue weighted by Crippen LogP contribution is 2.33. The molecule has 0 spiro atoms. The monoisotopic (exact) mass is 359 g/mol. The lowest BCUT2D eigenvalue weighted by Gasteiger charge is -2.33. The number of ether oxygens (including phenoxy) is 2. The van der Waals surface area contributed by atoms with Gasteiger partial charge in [0.2, 0.25) is 0 Å². The molecule has 9 nitrogen and oxygen atoms in total. The molecule has 0 bridgehead atoms. The molecule has 0 saturated carbocycles. The number of hydrazine groups is 1. The van der Waals surface area contributed by atoms with Crippen LogP contribution in [-0.4, -0.2) is 67.3 Å². The van der Waals surface area contributed by atoms with E-state index in [1.54, 1.807) is 14.2 Å². The molecule has 1 saturated heterocycles. The van der Waals surface area contributed by atoms with Crippen LogP contribution in [0.15, 0.2) is 24.5 Å². The lowest BCUT2D eigenvalue weighted by Crippen LogP contribution is -2.47. The Morgan fingerprint density at radius 3 is 2.46 bits per heavy atom. The van der Waals surface area contributed by atoms with Crippen molar-refractivity contribution in [2.75, 3.05) is 63.9 Å². The van der Waals surface area contributed by atoms with Crippen molar-refractivity contribution in [2.45, 2.75) is 0 Å². The van der Waals surface area contributed by atoms with Crippen LogP contribution >= 0.6 is 0 Å². The molecule has 2 heterocycles. The Morgan fingerprint density at radius 2 is 1.77 bits per heavy atom. The van der Waals surface area contributed by atoms with E-state index >= 15 is 0 Å². The van der Waals surface area contributed by atoms with Gasteiger partial charge in [-0.1, -0.05) is 0 Å². The number of piperazine rings is 1. The fourth-order valence-electron chi connectivity index (χ4n) is 2.69. The first-order valence-electron chi connectivity index (χ1n) is 8.40. The Hall–Kier alpha value is -2.78. The average molecular weight is 359 g/mol. The predicted molar refractivity (Wildman–Crippen MR) is 102 cm³/mol. The SMILES string of the molecule is COc1ccc(OC)c(Nc2ncnc(NN3CCN(C)CC3)c2N)c1. The first kappa shape index (κ1) is 18.0. The van der Waals surface area contributed by atoms with E-state index in [0.29, 0.717) is 34.5 Å². The number of anilines is 4. The molecule has 0 amide bonds. The van der Waals surface area contributed by atoms with Gasteiger partial charge in [0, 0.05) is 32.2 Å². The molecule has 1 aliphatic rings. The van der Waals surface area contributed by atoms with Crippen molar-refractivity contribution in [1.29, 1.82) is 0 Å². The second-order valence-corrected chi connectivity index (χ2v) is 6.08. The third kappa shape index (κ3) is 4.06. The van der Waals surface area contributed by atoms with Gasteiger partial charge in [-0.2, -0.15) is 0 Å². The van der Waals surface area contributed by atoms with Crippen LogP contribution in [0.3, 0.4) is 0 Å². The summed E-state index contributed by atoms with van der Waals surface area (Å²) in [6.07, 6.45) is 1.48. The summed E-state index contributed by atoms with van der Waals surface area (Å²) in [7, 11) is 5.33. The highest BCUT2D eigenvalue weighted by atomic mass is 16.5. The minimum atomic E-state index is 0.441. The summed E-state index contributed by atoms with van der Waals surface area (Å²) in [5.74, 6) is 2.45. The van der Waals surface area contributed by atoms with E-state index < -0.39 is 0 Å². The number of methoxy groups -OCH3 is 2. The summed E-state index contributed by atoms with van der Waals surface area (Å²) in [5.41, 5.74) is 10.7. The van der Waals surface area contributed by atoms with Crippen LogP contribution in [0.4, 0.5) is 23.0 Å². The summed E-state index contributed by atoms with van der Waals surface area (Å²) in [4.78, 5) is 10.8. The van der Waals surface area contributed by atoms with E-state index in [0.717, 1.165) is 26.2 Å². The number of nitrogen functional groups attached to an aromatic ring is 1. The standard InChI is InChI=1S/C17H25N7O2/c1-23-6-8-24(9-7-23)22-17-15(18)16(19-11-20-17)21-13-10-12(25-2)4-5-14(13)26-3/h4-5,10-11H,6-9,18H2,1-3H3,(H2,19,20,21,22). The molecular weight excluding hydrogens is 334 g/mol. The molecule has 1 aromatic carbocycles. The van der Waals surface area contributed by atoms with Gasteiger partial charge in [-0.25, -0.2) is 15.0 Å². The van der Waals surface area contributed by atoms with Gasteiger partial charge in [0.25, 0.3) is 0 Å². The lowest BCUT2D eigenvalue weighted by molar-refractivity contribution is 0.178. The molecule has 0 atom stereocenters. The number of hydrogen-bond acceptors (Lipinski definition) is 9. The molecule has 140 valence electrons. The highest BCUT2D eigenvalue weighted by molar-refractivity contribution is 5.79. The van der Waals surface area contributed by atoms with Gasteiger partial charge in [0.15, 0.2) is 11.6 Å². The Morgan fingerprint density at radius 1 is 1.04 bits per heavy atom. The minimum Gasteiger partial charge on any atom is -0.497 e. The zero-order chi connectivity index (χ0) is 18.5. The van der Waals surface area contributed by atoms with E-state index in [9.17, 15) is 0 Å². The number of nitrogens with zero attached hydrogens (tertiary/aromatic N) is 4. The third-order valence-electron chi connectivity index (χ3n) is 4.31. The van der Waals surface area contributed by atoms with Crippen molar-refractivity contribution in [1.82, 2.24) is 19.9 Å². The number of rotatable bonds is 6. The lowest BCUT2D eigenvalue weighted by atomic mass is 10.2. The van der Waals surface area contributed by atoms with E-state index in [1.807, 2.05) is 18.2 Å². The Balaban J connectivity index is 1.79. The number of benzene rings is 1. The third-order valence-corrected chi connectivity index (χ3v) is 4.31. The number of aromatic nitrogens is 2. The quantitative estimate of drug-likeness (QED) is 0.706. The van der Waals surface area contributed by atoms with Crippen molar-refractivity contribution in [2.24, 2.45) is 0 Å². The van der Waals surface area contributed by atoms with Crippen LogP contribution in [0.1, 0.15) is 0 Å². The second-order valence-electron chi connectivity index (χ2n) is 6.08. The van der Waals surface area contributed by atoms with Crippen LogP contribution in [-0.2, 0) is 0 Å². The molecule has 2 aromatic rings. The number of hydrogen-bond donors (Lipinski definition) is 3. The molecule has 4 N–H and O–H groups in total. The molecule has 9 heteroatoms. The summed E-state index contributed by atoms with van der Waals surface area (Å²) in [5, 5.41) is 5.31. The number of nitrogens with two attached hydrogens (primary N) is 1. The van der Waals surface area contributed by atoms with Crippen LogP contribution in [0, 0.1) is 0 Å². The molecular formula is C17H25N7O2. The van der Waals surface area contributed by atoms with Gasteiger partial charge < -0.3 is 30.8 Å². The normalized spacial score (nSPS) is 15.5. The van der Waals surface area contributed by atoms with E-state index in [-0.39, 0.29) is 0 Å². The molecule has 1 fully saturated rings. The number of likely N-dealkylation sites (N-methyl/N-ethyl adjacent to an activating group) is 1. The van der Waals surface area contributed by atoms with Crippen LogP contribution in [0.25, 0.3) is 0 Å². The van der Waals surface area contributed by atoms with E-state index in [4.69, 9.17) is 15.2 Å². The smallest absolute Gasteiger partial charge is 0.169 e. The van der Waals surface area contributed by atoms with Crippen LogP contribution in [0.2, 0.25) is 0 Å². The van der Waals surface area contributed by atoms with Crippen molar-refractivity contribution < 1.29 is 9.47 Å². The van der Waals surface area contributed by atoms with Crippen molar-refractivity contribution in [3.05, 3.63) is 24.5 Å². The first-order chi connectivity index (χ1) is 12.6. The maximum Gasteiger partial charge on any atom is 0.169 e. The molecule has 0 unspecified atom stereocenters. The van der Waals surface area contributed by atoms with Gasteiger partial charge in [-0.05, 0) is 19.2 Å². The summed E-state index contributed by atoms with van der Waals surface area (Å²) < 4.78 is 10.7. The highest BCUT2D eigenvalue weighted by Gasteiger charge is 2.17.